The summed E-state index contributed by atoms with van der Waals surface area (Å²) in [5.41, 5.74) is 2.69. The number of nitrogens with zero attached hydrogens (tertiary/aromatic N) is 2. The molecule has 266 valence electrons. The van der Waals surface area contributed by atoms with Gasteiger partial charge in [-0.15, -0.1) is 0 Å². The van der Waals surface area contributed by atoms with Crippen LogP contribution in [0.25, 0.3) is 27.9 Å². The van der Waals surface area contributed by atoms with Gasteiger partial charge in [0.05, 0.1) is 0 Å². The van der Waals surface area contributed by atoms with E-state index in [9.17, 15) is 34.5 Å². The Morgan fingerprint density at radius 2 is 1.58 bits per heavy atom. The number of aliphatic carboxylic acids is 3. The molecule has 2 aliphatic heterocycles. The molecule has 0 radical (unpaired) electrons. The summed E-state index contributed by atoms with van der Waals surface area (Å²) in [6.07, 6.45) is -0.511. The predicted molar refractivity (Wildman–Crippen MR) is 182 cm³/mol. The van der Waals surface area contributed by atoms with Gasteiger partial charge in [0.1, 0.15) is 5.52 Å². The van der Waals surface area contributed by atoms with Crippen molar-refractivity contribution in [3.8, 4) is 11.5 Å². The molecule has 7 rings (SSSR count). The van der Waals surface area contributed by atoms with Crippen molar-refractivity contribution in [2.24, 2.45) is 0 Å². The molecule has 0 spiro atoms. The molecule has 3 N–H and O–H groups in total. The molecule has 3 heterocycles. The van der Waals surface area contributed by atoms with E-state index in [1.165, 1.54) is 4.90 Å². The van der Waals surface area contributed by atoms with Gasteiger partial charge in [0.15, 0.2) is 29.3 Å². The first-order valence-corrected chi connectivity index (χ1v) is 16.3. The highest BCUT2D eigenvalue weighted by molar-refractivity contribution is 6.02. The van der Waals surface area contributed by atoms with Gasteiger partial charge in [-0.05, 0) is 71.7 Å². The lowest BCUT2D eigenvalue weighted by Gasteiger charge is -2.36. The van der Waals surface area contributed by atoms with E-state index >= 15 is 0 Å². The fraction of sp³-hybridized carbons (Fsp3) is 0.237. The van der Waals surface area contributed by atoms with Crippen LogP contribution in [0.2, 0.25) is 0 Å². The molecule has 14 heteroatoms. The Kier molecular flexibility index (Phi) is 9.09. The third kappa shape index (κ3) is 6.40. The molecular weight excluding hydrogens is 676 g/mol. The number of carboxylic acids is 3. The molecular formula is C38H32N2O12. The molecule has 4 aromatic carbocycles. The quantitative estimate of drug-likeness (QED) is 0.146. The van der Waals surface area contributed by atoms with Crippen LogP contribution in [-0.2, 0) is 35.2 Å². The highest BCUT2D eigenvalue weighted by atomic mass is 16.8. The number of rotatable bonds is 12. The van der Waals surface area contributed by atoms with Crippen molar-refractivity contribution < 1.29 is 57.9 Å². The van der Waals surface area contributed by atoms with Crippen molar-refractivity contribution in [2.75, 3.05) is 6.79 Å². The average molecular weight is 709 g/mol. The number of para-hydroxylation sites is 2. The first-order chi connectivity index (χ1) is 25.0. The van der Waals surface area contributed by atoms with E-state index in [1.807, 2.05) is 72.8 Å². The van der Waals surface area contributed by atoms with Gasteiger partial charge in [-0.25, -0.2) is 19.4 Å². The third-order valence-electron chi connectivity index (χ3n) is 9.22. The summed E-state index contributed by atoms with van der Waals surface area (Å²) >= 11 is 0. The number of carbonyl (C=O) groups excluding carboxylic acids is 1. The second-order valence-electron chi connectivity index (χ2n) is 12.4. The second kappa shape index (κ2) is 13.8. The molecule has 0 aliphatic carbocycles. The second-order valence-corrected chi connectivity index (χ2v) is 12.4. The van der Waals surface area contributed by atoms with E-state index in [0.717, 1.165) is 16.3 Å². The van der Waals surface area contributed by atoms with E-state index in [-0.39, 0.29) is 13.3 Å². The maximum atomic E-state index is 14.6. The molecule has 1 amide bonds. The molecule has 1 fully saturated rings. The number of oxazole rings is 1. The van der Waals surface area contributed by atoms with Crippen LogP contribution in [0.3, 0.4) is 0 Å². The van der Waals surface area contributed by atoms with Crippen molar-refractivity contribution in [2.45, 2.75) is 49.8 Å². The van der Waals surface area contributed by atoms with Gasteiger partial charge < -0.3 is 43.6 Å². The number of allylic oxidation sites excluding steroid dienone is 1. The molecule has 52 heavy (non-hydrogen) atoms. The van der Waals surface area contributed by atoms with E-state index in [1.54, 1.807) is 31.2 Å². The van der Waals surface area contributed by atoms with Gasteiger partial charge >= 0.3 is 23.7 Å². The van der Waals surface area contributed by atoms with Crippen LogP contribution in [0.15, 0.2) is 95.4 Å². The lowest BCUT2D eigenvalue weighted by Crippen LogP contribution is -2.51. The van der Waals surface area contributed by atoms with Gasteiger partial charge in [0.2, 0.25) is 12.7 Å². The molecule has 0 saturated carbocycles. The number of amides is 1. The average Bonchev–Trinajstić information content (AvgIpc) is 3.89. The van der Waals surface area contributed by atoms with Crippen molar-refractivity contribution in [1.29, 1.82) is 0 Å². The number of hydrogen-bond donors (Lipinski definition) is 3. The lowest BCUT2D eigenvalue weighted by molar-refractivity contribution is -0.221. The Morgan fingerprint density at radius 3 is 2.33 bits per heavy atom. The summed E-state index contributed by atoms with van der Waals surface area (Å²) in [4.78, 5) is 57.0. The molecule has 5 aromatic rings. The van der Waals surface area contributed by atoms with Crippen LogP contribution in [0, 0.1) is 0 Å². The number of fused-ring (bicyclic) bond motifs is 3. The van der Waals surface area contributed by atoms with Crippen LogP contribution in [0.5, 0.6) is 11.5 Å². The summed E-state index contributed by atoms with van der Waals surface area (Å²) in [7, 11) is 0. The number of aromatic nitrogens is 1. The fourth-order valence-electron chi connectivity index (χ4n) is 6.53. The monoisotopic (exact) mass is 708 g/mol. The number of ether oxygens (including phenoxy) is 4. The van der Waals surface area contributed by atoms with Crippen molar-refractivity contribution >= 4 is 51.8 Å². The first kappa shape index (κ1) is 34.2. The zero-order valence-corrected chi connectivity index (χ0v) is 27.6. The summed E-state index contributed by atoms with van der Waals surface area (Å²) in [5, 5.41) is 31.4. The minimum Gasteiger partial charge on any atom is -0.479 e. The minimum absolute atomic E-state index is 0.0354. The maximum Gasteiger partial charge on any atom is 0.377 e. The number of carboxylic acid groups (broad SMARTS) is 3. The van der Waals surface area contributed by atoms with Crippen molar-refractivity contribution in [3.63, 3.8) is 0 Å². The molecule has 2 aliphatic rings. The van der Waals surface area contributed by atoms with Crippen LogP contribution < -0.4 is 9.47 Å². The Morgan fingerprint density at radius 1 is 0.865 bits per heavy atom. The molecule has 4 atom stereocenters. The highest BCUT2D eigenvalue weighted by Crippen LogP contribution is 2.39. The summed E-state index contributed by atoms with van der Waals surface area (Å²) in [6.45, 7) is 1.71. The molecule has 1 saturated heterocycles. The summed E-state index contributed by atoms with van der Waals surface area (Å²) < 4.78 is 27.3. The van der Waals surface area contributed by atoms with Crippen LogP contribution in [-0.4, -0.2) is 79.8 Å². The fourth-order valence-corrected chi connectivity index (χ4v) is 6.53. The van der Waals surface area contributed by atoms with Gasteiger partial charge in [-0.1, -0.05) is 60.7 Å². The first-order valence-electron chi connectivity index (χ1n) is 16.3. The third-order valence-corrected chi connectivity index (χ3v) is 9.22. The maximum absolute atomic E-state index is 14.6. The highest BCUT2D eigenvalue weighted by Gasteiger charge is 2.64. The van der Waals surface area contributed by atoms with E-state index in [0.29, 0.717) is 40.5 Å². The molecule has 0 unspecified atom stereocenters. The Labute approximate surface area is 295 Å². The number of benzene rings is 4. The number of hydrogen-bond acceptors (Lipinski definition) is 10. The van der Waals surface area contributed by atoms with E-state index in [4.69, 9.17) is 23.4 Å². The van der Waals surface area contributed by atoms with Crippen LogP contribution in [0.1, 0.15) is 36.3 Å². The zero-order chi connectivity index (χ0) is 36.6. The minimum atomic E-state index is -3.42. The van der Waals surface area contributed by atoms with E-state index < -0.39 is 53.8 Å². The molecule has 1 aromatic heterocycles. The Balaban J connectivity index is 1.29. The van der Waals surface area contributed by atoms with Gasteiger partial charge in [-0.2, -0.15) is 0 Å². The van der Waals surface area contributed by atoms with Gasteiger partial charge in [-0.3, -0.25) is 4.79 Å². The Hall–Kier alpha value is -6.25. The van der Waals surface area contributed by atoms with Crippen LogP contribution in [0.4, 0.5) is 0 Å². The van der Waals surface area contributed by atoms with E-state index in [2.05, 4.69) is 4.98 Å². The SMILES string of the molecule is C[C@H]([C@H](C/C=C/c1nc2ccccc2o1)c1ccc2c(c1)OCO2)N(Cc1ccc2ccccc2c1)C(=O)[C@@H]1OC(C(=O)O)(C(=O)O)O[C@H]1C(=O)O. The summed E-state index contributed by atoms with van der Waals surface area (Å²) in [5.74, 6) is -9.50. The smallest absolute Gasteiger partial charge is 0.377 e. The van der Waals surface area contributed by atoms with Crippen molar-refractivity contribution in [1.82, 2.24) is 9.88 Å². The Bertz CT molecular complexity index is 2180. The van der Waals surface area contributed by atoms with Gasteiger partial charge in [0.25, 0.3) is 5.91 Å². The zero-order valence-electron chi connectivity index (χ0n) is 27.6. The topological polar surface area (TPSA) is 195 Å². The lowest BCUT2D eigenvalue weighted by atomic mass is 9.87. The van der Waals surface area contributed by atoms with Gasteiger partial charge in [0, 0.05) is 18.5 Å². The molecule has 0 bridgehead atoms. The largest absolute Gasteiger partial charge is 0.479 e. The predicted octanol–water partition coefficient (Wildman–Crippen LogP) is 5.05. The normalized spacial score (nSPS) is 18.8. The number of carbonyl (C=O) groups is 4. The van der Waals surface area contributed by atoms with Crippen molar-refractivity contribution in [3.05, 3.63) is 108 Å². The standard InChI is InChI=1S/C38H32N2O12/c1-21(26(25-15-16-29-30(18-25)49-20-48-29)9-6-12-31-39-27-10-4-5-11-28(27)50-31)40(19-22-13-14-23-7-2-3-8-24(23)17-22)34(41)32-33(35(42)43)52-38(51-32,36(44)45)37(46)47/h2-8,10-18,21,26,32-33H,9,19-20H2,1H3,(H,42,43)(H,44,45)(H,46,47)/b12-6+/t21-,26+,32-,33-/m1/s1. The summed E-state index contributed by atoms with van der Waals surface area (Å²) in [6, 6.07) is 25.1. The van der Waals surface area contributed by atoms with Crippen LogP contribution >= 0.6 is 0 Å². The molecule has 14 nitrogen and oxygen atoms in total.